The van der Waals surface area contributed by atoms with Gasteiger partial charge in [-0.3, -0.25) is 0 Å². The van der Waals surface area contributed by atoms with Crippen LogP contribution in [-0.2, 0) is 0 Å². The fourth-order valence-electron chi connectivity index (χ4n) is 1.41. The Balaban J connectivity index is 2.56. The zero-order valence-corrected chi connectivity index (χ0v) is 9.25. The molecule has 0 radical (unpaired) electrons. The Morgan fingerprint density at radius 1 is 1.60 bits per heavy atom. The molecule has 3 N–H and O–H groups in total. The maximum absolute atomic E-state index is 13.6. The third kappa shape index (κ3) is 1.68. The van der Waals surface area contributed by atoms with E-state index in [0.29, 0.717) is 16.0 Å². The first kappa shape index (κ1) is 10.7. The molecule has 0 aliphatic carbocycles. The van der Waals surface area contributed by atoms with E-state index in [9.17, 15) is 9.50 Å². The van der Waals surface area contributed by atoms with Gasteiger partial charge >= 0.3 is 0 Å². The smallest absolute Gasteiger partial charge is 0.231 e. The van der Waals surface area contributed by atoms with Crippen molar-refractivity contribution >= 4 is 15.9 Å². The molecular weight excluding hydrogens is 269 g/mol. The highest BCUT2D eigenvalue weighted by Gasteiger charge is 2.26. The molecule has 1 heterocycles. The molecule has 4 nitrogen and oxygen atoms in total. The Labute approximate surface area is 93.9 Å². The summed E-state index contributed by atoms with van der Waals surface area (Å²) in [6, 6.07) is 1.18. The van der Waals surface area contributed by atoms with E-state index in [2.05, 4.69) is 15.9 Å². The Bertz CT molecular complexity index is 399. The van der Waals surface area contributed by atoms with Crippen molar-refractivity contribution in [1.82, 2.24) is 0 Å². The van der Waals surface area contributed by atoms with Gasteiger partial charge in [-0.25, -0.2) is 4.39 Å². The average molecular weight is 278 g/mol. The maximum Gasteiger partial charge on any atom is 0.231 e. The molecule has 2 rings (SSSR count). The molecule has 1 aliphatic rings. The number of aliphatic hydroxyl groups excluding tert-OH is 1. The van der Waals surface area contributed by atoms with Gasteiger partial charge < -0.3 is 20.3 Å². The minimum absolute atomic E-state index is 0.0511. The van der Waals surface area contributed by atoms with Crippen molar-refractivity contribution in [2.75, 3.05) is 13.3 Å². The molecule has 0 amide bonds. The molecule has 1 aromatic rings. The van der Waals surface area contributed by atoms with Gasteiger partial charge in [0.05, 0.1) is 10.6 Å². The minimum atomic E-state index is -1.06. The third-order valence-corrected chi connectivity index (χ3v) is 2.94. The number of halogens is 2. The van der Waals surface area contributed by atoms with E-state index in [1.165, 1.54) is 6.07 Å². The Hall–Kier alpha value is -0.850. The first-order valence-corrected chi connectivity index (χ1v) is 5.10. The Morgan fingerprint density at radius 3 is 3.00 bits per heavy atom. The summed E-state index contributed by atoms with van der Waals surface area (Å²) in [4.78, 5) is 0. The van der Waals surface area contributed by atoms with E-state index in [1.807, 2.05) is 0 Å². The number of ether oxygens (including phenoxy) is 2. The minimum Gasteiger partial charge on any atom is -0.453 e. The molecule has 15 heavy (non-hydrogen) atoms. The van der Waals surface area contributed by atoms with Crippen molar-refractivity contribution < 1.29 is 19.0 Å². The summed E-state index contributed by atoms with van der Waals surface area (Å²) in [5.74, 6) is 0.162. The highest BCUT2D eigenvalue weighted by atomic mass is 79.9. The summed E-state index contributed by atoms with van der Waals surface area (Å²) in [6.45, 7) is -0.00922. The van der Waals surface area contributed by atoms with Gasteiger partial charge in [0, 0.05) is 18.2 Å². The zero-order valence-electron chi connectivity index (χ0n) is 7.67. The van der Waals surface area contributed by atoms with Crippen LogP contribution in [0.3, 0.4) is 0 Å². The topological polar surface area (TPSA) is 64.7 Å². The average Bonchev–Trinajstić information content (AvgIpc) is 2.65. The number of hydrogen-bond donors (Lipinski definition) is 2. The highest BCUT2D eigenvalue weighted by molar-refractivity contribution is 9.10. The zero-order chi connectivity index (χ0) is 11.0. The van der Waals surface area contributed by atoms with E-state index in [-0.39, 0.29) is 18.9 Å². The van der Waals surface area contributed by atoms with Gasteiger partial charge in [-0.2, -0.15) is 0 Å². The van der Waals surface area contributed by atoms with Crippen molar-refractivity contribution in [1.29, 1.82) is 0 Å². The SMILES string of the molecule is NCC(O)c1c(F)cc2c(c1Br)OCO2. The lowest BCUT2D eigenvalue weighted by Gasteiger charge is -2.13. The quantitative estimate of drug-likeness (QED) is 0.856. The van der Waals surface area contributed by atoms with Gasteiger partial charge in [0.25, 0.3) is 0 Å². The standard InChI is InChI=1S/C9H9BrFNO3/c10-8-7(5(13)2-12)4(11)1-6-9(8)15-3-14-6/h1,5,13H,2-3,12H2. The molecule has 82 valence electrons. The van der Waals surface area contributed by atoms with Crippen molar-refractivity contribution in [2.45, 2.75) is 6.10 Å². The number of aliphatic hydroxyl groups is 1. The number of rotatable bonds is 2. The van der Waals surface area contributed by atoms with Crippen molar-refractivity contribution in [3.63, 3.8) is 0 Å². The summed E-state index contributed by atoms with van der Waals surface area (Å²) in [5, 5.41) is 9.53. The number of hydrogen-bond acceptors (Lipinski definition) is 4. The summed E-state index contributed by atoms with van der Waals surface area (Å²) < 4.78 is 24.1. The van der Waals surface area contributed by atoms with E-state index in [0.717, 1.165) is 0 Å². The van der Waals surface area contributed by atoms with Crippen molar-refractivity contribution in [3.05, 3.63) is 21.9 Å². The second-order valence-corrected chi connectivity index (χ2v) is 3.86. The molecule has 6 heteroatoms. The molecular formula is C9H9BrFNO3. The predicted octanol–water partition coefficient (Wildman–Crippen LogP) is 1.31. The second kappa shape index (κ2) is 3.96. The van der Waals surface area contributed by atoms with Crippen LogP contribution < -0.4 is 15.2 Å². The molecule has 0 spiro atoms. The summed E-state index contributed by atoms with van der Waals surface area (Å²) in [5.41, 5.74) is 5.38. The Kier molecular flexibility index (Phi) is 2.81. The molecule has 1 aromatic carbocycles. The lowest BCUT2D eigenvalue weighted by molar-refractivity contribution is 0.171. The molecule has 0 fully saturated rings. The van der Waals surface area contributed by atoms with Crippen LogP contribution >= 0.6 is 15.9 Å². The van der Waals surface area contributed by atoms with Gasteiger partial charge in [-0.1, -0.05) is 0 Å². The molecule has 0 aromatic heterocycles. The van der Waals surface area contributed by atoms with Crippen LogP contribution in [0, 0.1) is 5.82 Å². The van der Waals surface area contributed by atoms with E-state index in [4.69, 9.17) is 15.2 Å². The van der Waals surface area contributed by atoms with Crippen LogP contribution in [-0.4, -0.2) is 18.4 Å². The van der Waals surface area contributed by atoms with Crippen molar-refractivity contribution in [2.24, 2.45) is 5.73 Å². The third-order valence-electron chi connectivity index (χ3n) is 2.15. The summed E-state index contributed by atoms with van der Waals surface area (Å²) in [7, 11) is 0. The van der Waals surface area contributed by atoms with Gasteiger partial charge in [0.1, 0.15) is 5.82 Å². The van der Waals surface area contributed by atoms with Crippen molar-refractivity contribution in [3.8, 4) is 11.5 Å². The number of nitrogens with two attached hydrogens (primary N) is 1. The molecule has 0 bridgehead atoms. The van der Waals surface area contributed by atoms with Gasteiger partial charge in [0.15, 0.2) is 11.5 Å². The molecule has 1 atom stereocenters. The largest absolute Gasteiger partial charge is 0.453 e. The van der Waals surface area contributed by atoms with Crippen LogP contribution in [0.4, 0.5) is 4.39 Å². The van der Waals surface area contributed by atoms with Gasteiger partial charge in [-0.05, 0) is 15.9 Å². The fraction of sp³-hybridized carbons (Fsp3) is 0.333. The van der Waals surface area contributed by atoms with E-state index >= 15 is 0 Å². The first-order valence-electron chi connectivity index (χ1n) is 4.30. The Morgan fingerprint density at radius 2 is 2.33 bits per heavy atom. The van der Waals surface area contributed by atoms with E-state index < -0.39 is 11.9 Å². The van der Waals surface area contributed by atoms with Crippen LogP contribution in [0.1, 0.15) is 11.7 Å². The molecule has 1 aliphatic heterocycles. The van der Waals surface area contributed by atoms with Crippen LogP contribution in [0.5, 0.6) is 11.5 Å². The molecule has 1 unspecified atom stereocenters. The predicted molar refractivity (Wildman–Crippen MR) is 54.2 cm³/mol. The number of fused-ring (bicyclic) bond motifs is 1. The molecule has 0 saturated heterocycles. The lowest BCUT2D eigenvalue weighted by Crippen LogP contribution is -2.13. The fourth-order valence-corrected chi connectivity index (χ4v) is 2.17. The highest BCUT2D eigenvalue weighted by Crippen LogP contribution is 2.44. The van der Waals surface area contributed by atoms with Gasteiger partial charge in [-0.15, -0.1) is 0 Å². The lowest BCUT2D eigenvalue weighted by atomic mass is 10.1. The van der Waals surface area contributed by atoms with Crippen LogP contribution in [0.2, 0.25) is 0 Å². The van der Waals surface area contributed by atoms with Gasteiger partial charge in [0.2, 0.25) is 6.79 Å². The normalized spacial score (nSPS) is 15.5. The first-order chi connectivity index (χ1) is 7.15. The summed E-state index contributed by atoms with van der Waals surface area (Å²) in [6.07, 6.45) is -1.06. The second-order valence-electron chi connectivity index (χ2n) is 3.07. The van der Waals surface area contributed by atoms with Crippen LogP contribution in [0.15, 0.2) is 10.5 Å². The van der Waals surface area contributed by atoms with E-state index in [1.54, 1.807) is 0 Å². The monoisotopic (exact) mass is 277 g/mol. The summed E-state index contributed by atoms with van der Waals surface area (Å²) >= 11 is 3.16. The molecule has 0 saturated carbocycles. The maximum atomic E-state index is 13.6. The van der Waals surface area contributed by atoms with Crippen LogP contribution in [0.25, 0.3) is 0 Å². The number of benzene rings is 1.